The Bertz CT molecular complexity index is 833. The first kappa shape index (κ1) is 17.5. The molecule has 2 aromatic rings. The highest BCUT2D eigenvalue weighted by atomic mass is 32.1. The molecule has 0 saturated carbocycles. The van der Waals surface area contributed by atoms with Crippen LogP contribution in [0.2, 0.25) is 0 Å². The number of hydrogen-bond donors (Lipinski definition) is 1. The van der Waals surface area contributed by atoms with E-state index >= 15 is 0 Å². The highest BCUT2D eigenvalue weighted by Crippen LogP contribution is 2.40. The predicted octanol–water partition coefficient (Wildman–Crippen LogP) is 4.12. The summed E-state index contributed by atoms with van der Waals surface area (Å²) in [7, 11) is 4.13. The first-order valence-electron chi connectivity index (χ1n) is 8.14. The van der Waals surface area contributed by atoms with Crippen LogP contribution in [0.3, 0.4) is 0 Å². The van der Waals surface area contributed by atoms with Gasteiger partial charge in [-0.1, -0.05) is 12.1 Å². The van der Waals surface area contributed by atoms with Crippen LogP contribution in [0.15, 0.2) is 41.8 Å². The van der Waals surface area contributed by atoms with Crippen molar-refractivity contribution in [3.8, 4) is 5.75 Å². The molecule has 4 nitrogen and oxygen atoms in total. The van der Waals surface area contributed by atoms with Crippen molar-refractivity contribution < 1.29 is 14.6 Å². The van der Waals surface area contributed by atoms with Gasteiger partial charge >= 0.3 is 5.97 Å². The molecule has 0 amide bonds. The molecule has 1 aliphatic rings. The molecule has 0 aliphatic carbocycles. The molecule has 0 fully saturated rings. The topological polar surface area (TPSA) is 49.8 Å². The summed E-state index contributed by atoms with van der Waals surface area (Å²) in [6, 6.07) is 7.92. The number of carboxylic acid groups (broad SMARTS) is 1. The fourth-order valence-corrected chi connectivity index (χ4v) is 3.76. The normalized spacial score (nSPS) is 15.1. The van der Waals surface area contributed by atoms with Gasteiger partial charge in [0.2, 0.25) is 0 Å². The minimum Gasteiger partial charge on any atom is -0.488 e. The average Bonchev–Trinajstić information content (AvgIpc) is 2.98. The van der Waals surface area contributed by atoms with Crippen LogP contribution < -0.4 is 4.74 Å². The van der Waals surface area contributed by atoms with E-state index in [4.69, 9.17) is 9.84 Å². The number of rotatable bonds is 5. The van der Waals surface area contributed by atoms with Crippen LogP contribution in [0, 0.1) is 0 Å². The highest BCUT2D eigenvalue weighted by Gasteiger charge is 2.20. The number of hydrogen-bond acceptors (Lipinski definition) is 4. The van der Waals surface area contributed by atoms with Crippen LogP contribution in [0.1, 0.15) is 28.0 Å². The minimum absolute atomic E-state index is 0.557. The number of nitrogens with zero attached hydrogens (tertiary/aromatic N) is 1. The molecular weight excluding hydrogens is 334 g/mol. The van der Waals surface area contributed by atoms with E-state index in [0.717, 1.165) is 35.9 Å². The predicted molar refractivity (Wildman–Crippen MR) is 102 cm³/mol. The first-order chi connectivity index (χ1) is 12.0. The Kier molecular flexibility index (Phi) is 5.36. The van der Waals surface area contributed by atoms with Crippen LogP contribution in [0.25, 0.3) is 11.6 Å². The van der Waals surface area contributed by atoms with Crippen molar-refractivity contribution in [3.63, 3.8) is 0 Å². The van der Waals surface area contributed by atoms with Gasteiger partial charge in [-0.25, -0.2) is 4.79 Å². The van der Waals surface area contributed by atoms with Gasteiger partial charge in [0, 0.05) is 28.6 Å². The monoisotopic (exact) mass is 355 g/mol. The molecule has 0 radical (unpaired) electrons. The zero-order valence-electron chi connectivity index (χ0n) is 14.4. The summed E-state index contributed by atoms with van der Waals surface area (Å²) in [5, 5.41) is 10.9. The summed E-state index contributed by atoms with van der Waals surface area (Å²) in [5.74, 6) is -0.111. The maximum Gasteiger partial charge on any atom is 0.328 e. The van der Waals surface area contributed by atoms with E-state index in [-0.39, 0.29) is 0 Å². The SMILES string of the molecule is CN(C)CC/C=C1/c2cc(/C=C/C(=O)O)ccc2OCc2ccsc21. The van der Waals surface area contributed by atoms with Crippen LogP contribution in [0.5, 0.6) is 5.75 Å². The molecule has 1 aliphatic heterocycles. The lowest BCUT2D eigenvalue weighted by molar-refractivity contribution is -0.131. The number of thiophene rings is 1. The van der Waals surface area contributed by atoms with Crippen LogP contribution in [-0.2, 0) is 11.4 Å². The molecule has 0 spiro atoms. The van der Waals surface area contributed by atoms with Gasteiger partial charge in [-0.2, -0.15) is 0 Å². The van der Waals surface area contributed by atoms with Gasteiger partial charge in [0.25, 0.3) is 0 Å². The summed E-state index contributed by atoms with van der Waals surface area (Å²) in [5.41, 5.74) is 4.24. The molecule has 1 aromatic heterocycles. The van der Waals surface area contributed by atoms with Crippen molar-refractivity contribution in [3.05, 3.63) is 63.4 Å². The van der Waals surface area contributed by atoms with Gasteiger partial charge in [-0.3, -0.25) is 0 Å². The highest BCUT2D eigenvalue weighted by molar-refractivity contribution is 7.11. The Morgan fingerprint density at radius 3 is 2.96 bits per heavy atom. The van der Waals surface area contributed by atoms with Gasteiger partial charge in [-0.15, -0.1) is 11.3 Å². The van der Waals surface area contributed by atoms with Crippen molar-refractivity contribution in [1.29, 1.82) is 0 Å². The average molecular weight is 355 g/mol. The van der Waals surface area contributed by atoms with Crippen LogP contribution in [0.4, 0.5) is 0 Å². The van der Waals surface area contributed by atoms with Gasteiger partial charge < -0.3 is 14.7 Å². The summed E-state index contributed by atoms with van der Waals surface area (Å²) < 4.78 is 5.99. The number of carbonyl (C=O) groups is 1. The molecular formula is C20H21NO3S. The van der Waals surface area contributed by atoms with E-state index in [9.17, 15) is 4.79 Å². The largest absolute Gasteiger partial charge is 0.488 e. The van der Waals surface area contributed by atoms with E-state index in [1.54, 1.807) is 17.4 Å². The van der Waals surface area contributed by atoms with Crippen LogP contribution >= 0.6 is 11.3 Å². The summed E-state index contributed by atoms with van der Waals surface area (Å²) in [6.45, 7) is 1.53. The molecule has 5 heteroatoms. The molecule has 0 unspecified atom stereocenters. The van der Waals surface area contributed by atoms with Gasteiger partial charge in [0.15, 0.2) is 0 Å². The Morgan fingerprint density at radius 1 is 1.36 bits per heavy atom. The minimum atomic E-state index is -0.950. The number of fused-ring (bicyclic) bond motifs is 2. The molecule has 2 heterocycles. The maximum absolute atomic E-state index is 10.8. The molecule has 0 atom stereocenters. The zero-order valence-corrected chi connectivity index (χ0v) is 15.2. The molecule has 25 heavy (non-hydrogen) atoms. The first-order valence-corrected chi connectivity index (χ1v) is 9.02. The Morgan fingerprint density at radius 2 is 2.20 bits per heavy atom. The lowest BCUT2D eigenvalue weighted by Crippen LogP contribution is -2.12. The number of benzene rings is 1. The fraction of sp³-hybridized carbons (Fsp3) is 0.250. The van der Waals surface area contributed by atoms with Crippen molar-refractivity contribution in [2.24, 2.45) is 0 Å². The fourth-order valence-electron chi connectivity index (χ4n) is 2.79. The number of carboxylic acids is 1. The second-order valence-corrected chi connectivity index (χ2v) is 7.12. The standard InChI is InChI=1S/C20H21NO3S/c1-21(2)10-3-4-16-17-12-14(6-8-19(22)23)5-7-18(17)24-13-15-9-11-25-20(15)16/h4-9,11-12H,3,10,13H2,1-2H3,(H,22,23)/b8-6+,16-4-. The molecule has 1 N–H and O–H groups in total. The molecule has 130 valence electrons. The van der Waals surface area contributed by atoms with E-state index in [1.165, 1.54) is 16.0 Å². The van der Waals surface area contributed by atoms with Gasteiger partial charge in [0.05, 0.1) is 0 Å². The smallest absolute Gasteiger partial charge is 0.328 e. The van der Waals surface area contributed by atoms with E-state index in [2.05, 4.69) is 36.5 Å². The summed E-state index contributed by atoms with van der Waals surface area (Å²) in [4.78, 5) is 14.2. The molecule has 1 aromatic carbocycles. The zero-order chi connectivity index (χ0) is 17.8. The third-order valence-electron chi connectivity index (χ3n) is 4.01. The second-order valence-electron chi connectivity index (χ2n) is 6.20. The van der Waals surface area contributed by atoms with E-state index in [1.807, 2.05) is 18.2 Å². The van der Waals surface area contributed by atoms with Gasteiger partial charge in [-0.05, 0) is 61.3 Å². The number of ether oxygens (including phenoxy) is 1. The van der Waals surface area contributed by atoms with Crippen molar-refractivity contribution in [2.75, 3.05) is 20.6 Å². The van der Waals surface area contributed by atoms with Crippen molar-refractivity contribution >= 4 is 29.0 Å². The van der Waals surface area contributed by atoms with Crippen LogP contribution in [-0.4, -0.2) is 36.6 Å². The quantitative estimate of drug-likeness (QED) is 0.820. The number of aliphatic carboxylic acids is 1. The third kappa shape index (κ3) is 4.18. The van der Waals surface area contributed by atoms with E-state index in [0.29, 0.717) is 6.61 Å². The van der Waals surface area contributed by atoms with Crippen molar-refractivity contribution in [1.82, 2.24) is 4.90 Å². The van der Waals surface area contributed by atoms with Gasteiger partial charge in [0.1, 0.15) is 12.4 Å². The lowest BCUT2D eigenvalue weighted by atomic mass is 9.98. The Labute approximate surface area is 151 Å². The van der Waals surface area contributed by atoms with Crippen molar-refractivity contribution in [2.45, 2.75) is 13.0 Å². The maximum atomic E-state index is 10.8. The Balaban J connectivity index is 2.04. The lowest BCUT2D eigenvalue weighted by Gasteiger charge is -2.12. The third-order valence-corrected chi connectivity index (χ3v) is 5.00. The molecule has 3 rings (SSSR count). The summed E-state index contributed by atoms with van der Waals surface area (Å²) in [6.07, 6.45) is 5.97. The molecule has 0 bridgehead atoms. The second kappa shape index (κ2) is 7.68. The van der Waals surface area contributed by atoms with E-state index < -0.39 is 5.97 Å². The summed E-state index contributed by atoms with van der Waals surface area (Å²) >= 11 is 1.72. The Hall–Kier alpha value is -2.37. The molecule has 0 saturated heterocycles.